The van der Waals surface area contributed by atoms with Crippen LogP contribution in [0.2, 0.25) is 10.0 Å². The van der Waals surface area contributed by atoms with E-state index in [0.717, 1.165) is 5.56 Å². The number of hydrogen-bond acceptors (Lipinski definition) is 5. The Hall–Kier alpha value is -1.56. The van der Waals surface area contributed by atoms with Crippen molar-refractivity contribution >= 4 is 23.2 Å². The molecule has 0 amide bonds. The number of halogens is 2. The maximum absolute atomic E-state index is 5.97. The zero-order chi connectivity index (χ0) is 13.8. The predicted molar refractivity (Wildman–Crippen MR) is 73.0 cm³/mol. The Labute approximate surface area is 120 Å². The first kappa shape index (κ1) is 13.9. The fraction of sp³-hybridized carbons (Fsp3) is 0.167. The molecule has 100 valence electrons. The molecule has 0 saturated heterocycles. The molecule has 1 aromatic heterocycles. The van der Waals surface area contributed by atoms with Crippen molar-refractivity contribution in [3.63, 3.8) is 0 Å². The van der Waals surface area contributed by atoms with Gasteiger partial charge in [-0.3, -0.25) is 0 Å². The normalized spacial score (nSPS) is 10.3. The first-order valence-corrected chi connectivity index (χ1v) is 6.12. The molecular weight excluding hydrogens is 289 g/mol. The highest BCUT2D eigenvalue weighted by Crippen LogP contribution is 2.31. The number of benzene rings is 1. The van der Waals surface area contributed by atoms with E-state index in [-0.39, 0.29) is 16.9 Å². The fourth-order valence-corrected chi connectivity index (χ4v) is 1.69. The molecule has 2 aromatic rings. The molecular formula is C12H11Cl2N3O2. The van der Waals surface area contributed by atoms with E-state index in [1.54, 1.807) is 18.2 Å². The summed E-state index contributed by atoms with van der Waals surface area (Å²) in [5.41, 5.74) is 6.42. The summed E-state index contributed by atoms with van der Waals surface area (Å²) < 4.78 is 10.5. The molecule has 1 aromatic carbocycles. The van der Waals surface area contributed by atoms with Crippen molar-refractivity contribution < 1.29 is 9.47 Å². The van der Waals surface area contributed by atoms with Gasteiger partial charge in [0.05, 0.1) is 13.3 Å². The van der Waals surface area contributed by atoms with Crippen molar-refractivity contribution in [1.29, 1.82) is 0 Å². The monoisotopic (exact) mass is 299 g/mol. The molecule has 0 aliphatic rings. The van der Waals surface area contributed by atoms with E-state index < -0.39 is 0 Å². The summed E-state index contributed by atoms with van der Waals surface area (Å²) in [6.45, 7) is 0.312. The van der Waals surface area contributed by atoms with Crippen LogP contribution in [0.3, 0.4) is 0 Å². The number of nitrogens with zero attached hydrogens (tertiary/aromatic N) is 2. The van der Waals surface area contributed by atoms with Gasteiger partial charge in [-0.25, -0.2) is 4.98 Å². The van der Waals surface area contributed by atoms with Crippen molar-refractivity contribution in [3.8, 4) is 17.6 Å². The number of aromatic nitrogens is 2. The Balaban J connectivity index is 2.37. The van der Waals surface area contributed by atoms with Crippen molar-refractivity contribution in [1.82, 2.24) is 9.97 Å². The molecule has 0 aliphatic heterocycles. The highest BCUT2D eigenvalue weighted by atomic mass is 35.5. The number of hydrogen-bond donors (Lipinski definition) is 1. The molecule has 0 atom stereocenters. The van der Waals surface area contributed by atoms with Crippen LogP contribution in [0.25, 0.3) is 0 Å². The van der Waals surface area contributed by atoms with Gasteiger partial charge in [-0.05, 0) is 12.1 Å². The van der Waals surface area contributed by atoms with Gasteiger partial charge >= 0.3 is 6.01 Å². The summed E-state index contributed by atoms with van der Waals surface area (Å²) in [5, 5.41) is 0.799. The number of methoxy groups -OCH3 is 1. The van der Waals surface area contributed by atoms with Crippen molar-refractivity contribution in [2.45, 2.75) is 6.54 Å². The van der Waals surface area contributed by atoms with Crippen LogP contribution in [-0.4, -0.2) is 17.1 Å². The Bertz CT molecular complexity index is 593. The van der Waals surface area contributed by atoms with Gasteiger partial charge in [-0.2, -0.15) is 4.98 Å². The smallest absolute Gasteiger partial charge is 0.319 e. The van der Waals surface area contributed by atoms with E-state index in [9.17, 15) is 0 Å². The Morgan fingerprint density at radius 1 is 1.32 bits per heavy atom. The maximum atomic E-state index is 5.97. The summed E-state index contributed by atoms with van der Waals surface area (Å²) in [5.74, 6) is 0.683. The lowest BCUT2D eigenvalue weighted by atomic mass is 10.2. The van der Waals surface area contributed by atoms with Crippen LogP contribution >= 0.6 is 23.2 Å². The first-order valence-electron chi connectivity index (χ1n) is 5.37. The average molecular weight is 300 g/mol. The maximum Gasteiger partial charge on any atom is 0.319 e. The first-order chi connectivity index (χ1) is 9.13. The van der Waals surface area contributed by atoms with Gasteiger partial charge < -0.3 is 15.2 Å². The molecule has 0 spiro atoms. The molecule has 7 heteroatoms. The molecule has 1 heterocycles. The second kappa shape index (κ2) is 6.06. The molecule has 0 saturated carbocycles. The van der Waals surface area contributed by atoms with Crippen LogP contribution in [-0.2, 0) is 6.54 Å². The lowest BCUT2D eigenvalue weighted by molar-refractivity contribution is 0.366. The van der Waals surface area contributed by atoms with Crippen LogP contribution in [0.1, 0.15) is 5.56 Å². The van der Waals surface area contributed by atoms with Gasteiger partial charge in [0.1, 0.15) is 10.8 Å². The predicted octanol–water partition coefficient (Wildman–Crippen LogP) is 3.04. The Morgan fingerprint density at radius 2 is 2.11 bits per heavy atom. The Morgan fingerprint density at radius 3 is 2.79 bits per heavy atom. The summed E-state index contributed by atoms with van der Waals surface area (Å²) in [6.07, 6.45) is 1.40. The molecule has 2 rings (SSSR count). The van der Waals surface area contributed by atoms with Crippen LogP contribution in [0.15, 0.2) is 24.4 Å². The molecule has 0 fully saturated rings. The second-order valence-corrected chi connectivity index (χ2v) is 4.41. The minimum Gasteiger partial charge on any atom is -0.467 e. The van der Waals surface area contributed by atoms with E-state index in [2.05, 4.69) is 9.97 Å². The molecule has 0 bridgehead atoms. The van der Waals surface area contributed by atoms with E-state index >= 15 is 0 Å². The number of rotatable bonds is 4. The molecule has 19 heavy (non-hydrogen) atoms. The topological polar surface area (TPSA) is 70.3 Å². The lowest BCUT2D eigenvalue weighted by Crippen LogP contribution is -2.01. The highest BCUT2D eigenvalue weighted by Gasteiger charge is 2.11. The van der Waals surface area contributed by atoms with E-state index in [1.807, 2.05) is 0 Å². The third-order valence-corrected chi connectivity index (χ3v) is 2.82. The van der Waals surface area contributed by atoms with Gasteiger partial charge in [-0.1, -0.05) is 29.3 Å². The van der Waals surface area contributed by atoms with E-state index in [1.165, 1.54) is 13.3 Å². The van der Waals surface area contributed by atoms with Gasteiger partial charge in [0.25, 0.3) is 0 Å². The average Bonchev–Trinajstić information content (AvgIpc) is 2.41. The molecule has 0 aliphatic carbocycles. The van der Waals surface area contributed by atoms with Crippen molar-refractivity contribution in [2.75, 3.05) is 7.11 Å². The van der Waals surface area contributed by atoms with Gasteiger partial charge in [-0.15, -0.1) is 0 Å². The minimum atomic E-state index is 0.163. The van der Waals surface area contributed by atoms with Gasteiger partial charge in [0.2, 0.25) is 5.88 Å². The van der Waals surface area contributed by atoms with Crippen molar-refractivity contribution in [2.24, 2.45) is 5.73 Å². The second-order valence-electron chi connectivity index (χ2n) is 3.57. The molecule has 0 radical (unpaired) electrons. The quantitative estimate of drug-likeness (QED) is 0.939. The highest BCUT2D eigenvalue weighted by molar-refractivity contribution is 6.31. The zero-order valence-corrected chi connectivity index (χ0v) is 11.6. The molecule has 0 unspecified atom stereocenters. The SMILES string of the molecule is COc1ncc(Cl)c(Oc2cc(Cl)ccc2CN)n1. The number of ether oxygens (including phenoxy) is 2. The van der Waals surface area contributed by atoms with Crippen LogP contribution in [0.5, 0.6) is 17.6 Å². The number of nitrogens with two attached hydrogens (primary N) is 1. The van der Waals surface area contributed by atoms with Gasteiger partial charge in [0.15, 0.2) is 0 Å². The van der Waals surface area contributed by atoms with Crippen LogP contribution in [0.4, 0.5) is 0 Å². The minimum absolute atomic E-state index is 0.163. The summed E-state index contributed by atoms with van der Waals surface area (Å²) >= 11 is 11.9. The van der Waals surface area contributed by atoms with Crippen molar-refractivity contribution in [3.05, 3.63) is 40.0 Å². The van der Waals surface area contributed by atoms with Gasteiger partial charge in [0, 0.05) is 17.1 Å². The fourth-order valence-electron chi connectivity index (χ4n) is 1.40. The Kier molecular flexibility index (Phi) is 4.42. The summed E-state index contributed by atoms with van der Waals surface area (Å²) in [7, 11) is 1.46. The van der Waals surface area contributed by atoms with E-state index in [4.69, 9.17) is 38.4 Å². The molecule has 2 N–H and O–H groups in total. The van der Waals surface area contributed by atoms with Crippen LogP contribution in [0, 0.1) is 0 Å². The third kappa shape index (κ3) is 3.26. The standard InChI is InChI=1S/C12H11Cl2N3O2/c1-18-12-16-6-9(14)11(17-12)19-10-4-8(13)3-2-7(10)5-15/h2-4,6H,5,15H2,1H3. The zero-order valence-electron chi connectivity index (χ0n) is 10.1. The summed E-state index contributed by atoms with van der Waals surface area (Å²) in [4.78, 5) is 7.88. The van der Waals surface area contributed by atoms with Crippen LogP contribution < -0.4 is 15.2 Å². The molecule has 5 nitrogen and oxygen atoms in total. The largest absolute Gasteiger partial charge is 0.467 e. The van der Waals surface area contributed by atoms with E-state index in [0.29, 0.717) is 17.3 Å². The third-order valence-electron chi connectivity index (χ3n) is 2.33. The summed E-state index contributed by atoms with van der Waals surface area (Å²) in [6, 6.07) is 5.33. The lowest BCUT2D eigenvalue weighted by Gasteiger charge is -2.11.